The Kier molecular flexibility index (Phi) is 6.30. The van der Waals surface area contributed by atoms with Crippen molar-refractivity contribution < 1.29 is 23.2 Å². The smallest absolute Gasteiger partial charge is 0.259 e. The van der Waals surface area contributed by atoms with Crippen LogP contribution in [0, 0.1) is 5.82 Å². The van der Waals surface area contributed by atoms with Gasteiger partial charge in [-0.3, -0.25) is 4.79 Å². The van der Waals surface area contributed by atoms with Crippen molar-refractivity contribution in [3.63, 3.8) is 0 Å². The van der Waals surface area contributed by atoms with Crippen LogP contribution >= 0.6 is 11.6 Å². The Balaban J connectivity index is 1.89. The summed E-state index contributed by atoms with van der Waals surface area (Å²) in [6.07, 6.45) is -0.406. The maximum Gasteiger partial charge on any atom is 0.259 e. The first-order valence-corrected chi connectivity index (χ1v) is 9.33. The summed E-state index contributed by atoms with van der Waals surface area (Å²) in [6.45, 7) is 0.268. The molecule has 1 aromatic carbocycles. The zero-order valence-electron chi connectivity index (χ0n) is 15.6. The molecule has 12 heteroatoms. The molecule has 1 aromatic heterocycles. The number of amidine groups is 1. The van der Waals surface area contributed by atoms with E-state index < -0.39 is 23.5 Å². The van der Waals surface area contributed by atoms with Crippen LogP contribution in [0.2, 0.25) is 5.15 Å². The molecule has 0 saturated carbocycles. The van der Waals surface area contributed by atoms with Crippen LogP contribution in [-0.4, -0.2) is 46.2 Å². The number of nitrogens with two attached hydrogens (primary N) is 1. The minimum atomic E-state index is -2.78. The first-order chi connectivity index (χ1) is 14.2. The number of anilines is 2. The molecule has 1 aliphatic heterocycles. The van der Waals surface area contributed by atoms with E-state index in [1.807, 2.05) is 0 Å². The zero-order valence-corrected chi connectivity index (χ0v) is 16.3. The third-order valence-electron chi connectivity index (χ3n) is 4.61. The number of alkyl halides is 2. The van der Waals surface area contributed by atoms with Gasteiger partial charge in [-0.1, -0.05) is 16.8 Å². The Labute approximate surface area is 174 Å². The molecule has 0 atom stereocenters. The molecule has 0 unspecified atom stereocenters. The highest BCUT2D eigenvalue weighted by atomic mass is 35.5. The Hall–Kier alpha value is -3.08. The van der Waals surface area contributed by atoms with Crippen molar-refractivity contribution in [1.29, 1.82) is 0 Å². The molecule has 160 valence electrons. The molecule has 2 aromatic rings. The third-order valence-corrected chi connectivity index (χ3v) is 4.80. The quantitative estimate of drug-likeness (QED) is 0.289. The summed E-state index contributed by atoms with van der Waals surface area (Å²) in [7, 11) is 0. The Morgan fingerprint density at radius 3 is 2.73 bits per heavy atom. The summed E-state index contributed by atoms with van der Waals surface area (Å²) in [6, 6.07) is 4.78. The third kappa shape index (κ3) is 4.90. The number of rotatable bonds is 4. The molecule has 1 saturated heterocycles. The summed E-state index contributed by atoms with van der Waals surface area (Å²) in [5, 5.41) is 21.6. The molecule has 0 spiro atoms. The number of halogens is 4. The Morgan fingerprint density at radius 1 is 1.23 bits per heavy atom. The van der Waals surface area contributed by atoms with E-state index in [2.05, 4.69) is 20.7 Å². The lowest BCUT2D eigenvalue weighted by atomic mass is 10.1. The molecule has 30 heavy (non-hydrogen) atoms. The van der Waals surface area contributed by atoms with Gasteiger partial charge in [0.25, 0.3) is 5.91 Å². The van der Waals surface area contributed by atoms with Gasteiger partial charge in [0.2, 0.25) is 5.92 Å². The van der Waals surface area contributed by atoms with Gasteiger partial charge in [0.1, 0.15) is 5.82 Å². The fourth-order valence-electron chi connectivity index (χ4n) is 3.09. The summed E-state index contributed by atoms with van der Waals surface area (Å²) >= 11 is 5.88. The number of amides is 1. The van der Waals surface area contributed by atoms with Gasteiger partial charge >= 0.3 is 0 Å². The first kappa shape index (κ1) is 21.6. The van der Waals surface area contributed by atoms with Crippen LogP contribution in [0.4, 0.5) is 24.7 Å². The van der Waals surface area contributed by atoms with Crippen LogP contribution in [-0.2, 0) is 0 Å². The molecular formula is C18H18ClF3N6O2. The van der Waals surface area contributed by atoms with Crippen molar-refractivity contribution in [2.24, 2.45) is 10.9 Å². The second kappa shape index (κ2) is 8.74. The summed E-state index contributed by atoms with van der Waals surface area (Å²) < 4.78 is 41.2. The molecule has 1 fully saturated rings. The highest BCUT2D eigenvalue weighted by molar-refractivity contribution is 6.30. The maximum atomic E-state index is 13.8. The van der Waals surface area contributed by atoms with Crippen molar-refractivity contribution in [3.05, 3.63) is 46.4 Å². The number of oxime groups is 1. The van der Waals surface area contributed by atoms with Crippen LogP contribution < -0.4 is 16.0 Å². The SMILES string of the molecule is NC(=NO)c1cc(NC(=O)c2cc(Cl)nnc2N2CCCC(F)(F)CC2)ccc1F. The lowest BCUT2D eigenvalue weighted by molar-refractivity contribution is -0.0102. The molecule has 1 aliphatic rings. The number of carbonyl (C=O) groups excluding carboxylic acids is 1. The van der Waals surface area contributed by atoms with Gasteiger partial charge in [-0.15, -0.1) is 10.2 Å². The number of aromatic nitrogens is 2. The number of carbonyl (C=O) groups is 1. The van der Waals surface area contributed by atoms with Crippen molar-refractivity contribution >= 4 is 34.8 Å². The van der Waals surface area contributed by atoms with Crippen LogP contribution in [0.3, 0.4) is 0 Å². The fraction of sp³-hybridized carbons (Fsp3) is 0.333. The lowest BCUT2D eigenvalue weighted by Crippen LogP contribution is -2.29. The minimum absolute atomic E-state index is 0.00616. The molecule has 8 nitrogen and oxygen atoms in total. The van der Waals surface area contributed by atoms with E-state index in [1.54, 1.807) is 4.90 Å². The second-order valence-corrected chi connectivity index (χ2v) is 7.12. The molecule has 0 bridgehead atoms. The number of nitrogens with one attached hydrogen (secondary N) is 1. The van der Waals surface area contributed by atoms with E-state index in [4.69, 9.17) is 22.5 Å². The molecule has 0 radical (unpaired) electrons. The van der Waals surface area contributed by atoms with Crippen molar-refractivity contribution in [2.75, 3.05) is 23.3 Å². The fourth-order valence-corrected chi connectivity index (χ4v) is 3.24. The molecule has 3 rings (SSSR count). The summed E-state index contributed by atoms with van der Waals surface area (Å²) in [5.41, 5.74) is 5.40. The van der Waals surface area contributed by atoms with E-state index in [1.165, 1.54) is 18.2 Å². The van der Waals surface area contributed by atoms with Gasteiger partial charge in [-0.25, -0.2) is 13.2 Å². The van der Waals surface area contributed by atoms with Crippen LogP contribution in [0.25, 0.3) is 0 Å². The van der Waals surface area contributed by atoms with Gasteiger partial charge in [0.15, 0.2) is 16.8 Å². The average molecular weight is 443 g/mol. The normalized spacial score (nSPS) is 16.8. The predicted octanol–water partition coefficient (Wildman–Crippen LogP) is 3.24. The van der Waals surface area contributed by atoms with Gasteiger partial charge in [0, 0.05) is 31.6 Å². The summed E-state index contributed by atoms with van der Waals surface area (Å²) in [5.74, 6) is -4.54. The molecule has 4 N–H and O–H groups in total. The number of hydrogen-bond donors (Lipinski definition) is 3. The number of benzene rings is 1. The first-order valence-electron chi connectivity index (χ1n) is 8.95. The van der Waals surface area contributed by atoms with E-state index in [-0.39, 0.29) is 60.1 Å². The lowest BCUT2D eigenvalue weighted by Gasteiger charge is -2.23. The van der Waals surface area contributed by atoms with Crippen LogP contribution in [0.5, 0.6) is 0 Å². The molecule has 1 amide bonds. The predicted molar refractivity (Wildman–Crippen MR) is 105 cm³/mol. The van der Waals surface area contributed by atoms with Gasteiger partial charge < -0.3 is 21.2 Å². The summed E-state index contributed by atoms with van der Waals surface area (Å²) in [4.78, 5) is 14.4. The van der Waals surface area contributed by atoms with E-state index >= 15 is 0 Å². The zero-order chi connectivity index (χ0) is 21.9. The molecule has 2 heterocycles. The average Bonchev–Trinajstić information content (AvgIpc) is 2.89. The standard InChI is InChI=1S/C18H18ClF3N6O2/c19-14-9-12(16(26-25-14)28-6-1-4-18(21,22)5-7-28)17(29)24-10-2-3-13(20)11(8-10)15(23)27-30/h2-3,8-9,30H,1,4-7H2,(H2,23,27)(H,24,29). The largest absolute Gasteiger partial charge is 0.409 e. The Morgan fingerprint density at radius 2 is 2.00 bits per heavy atom. The number of nitrogens with zero attached hydrogens (tertiary/aromatic N) is 4. The Bertz CT molecular complexity index is 988. The van der Waals surface area contributed by atoms with E-state index in [9.17, 15) is 18.0 Å². The molecule has 0 aliphatic carbocycles. The monoisotopic (exact) mass is 442 g/mol. The van der Waals surface area contributed by atoms with Gasteiger partial charge in [-0.05, 0) is 30.7 Å². The van der Waals surface area contributed by atoms with E-state index in [0.717, 1.165) is 6.07 Å². The second-order valence-electron chi connectivity index (χ2n) is 6.73. The van der Waals surface area contributed by atoms with Crippen molar-refractivity contribution in [2.45, 2.75) is 25.2 Å². The van der Waals surface area contributed by atoms with Crippen molar-refractivity contribution in [1.82, 2.24) is 10.2 Å². The van der Waals surface area contributed by atoms with E-state index in [0.29, 0.717) is 0 Å². The van der Waals surface area contributed by atoms with Gasteiger partial charge in [0.05, 0.1) is 11.1 Å². The van der Waals surface area contributed by atoms with Crippen molar-refractivity contribution in [3.8, 4) is 0 Å². The molecular weight excluding hydrogens is 425 g/mol. The van der Waals surface area contributed by atoms with Crippen LogP contribution in [0.15, 0.2) is 29.4 Å². The highest BCUT2D eigenvalue weighted by Crippen LogP contribution is 2.31. The maximum absolute atomic E-state index is 13.8. The number of hydrogen-bond acceptors (Lipinski definition) is 6. The van der Waals surface area contributed by atoms with Gasteiger partial charge in [-0.2, -0.15) is 0 Å². The topological polar surface area (TPSA) is 117 Å². The highest BCUT2D eigenvalue weighted by Gasteiger charge is 2.33. The van der Waals surface area contributed by atoms with Crippen LogP contribution in [0.1, 0.15) is 35.2 Å². The minimum Gasteiger partial charge on any atom is -0.409 e.